The molecule has 680 valence electrons. The summed E-state index contributed by atoms with van der Waals surface area (Å²) >= 11 is 52.1. The van der Waals surface area contributed by atoms with Gasteiger partial charge in [-0.05, 0) is 178 Å². The zero-order valence-corrected chi connectivity index (χ0v) is 75.8. The number of hydrogen-bond acceptors (Lipinski definition) is 19. The molecule has 0 atom stereocenters. The third-order valence-corrected chi connectivity index (χ3v) is 19.4. The van der Waals surface area contributed by atoms with Crippen LogP contribution in [0, 0.1) is 32.1 Å². The molecule has 8 amide bonds. The minimum Gasteiger partial charge on any atom is -0.467 e. The molecule has 8 N–H and O–H groups in total. The average Bonchev–Trinajstić information content (AvgIpc) is 1.60. The number of alkyl halides is 9. The Morgan fingerprint density at radius 1 is 0.408 bits per heavy atom. The zero-order chi connectivity index (χ0) is 95.9. The van der Waals surface area contributed by atoms with Gasteiger partial charge in [0.05, 0.1) is 81.7 Å². The second-order valence-electron chi connectivity index (χ2n) is 27.4. The summed E-state index contributed by atoms with van der Waals surface area (Å²) in [6, 6.07) is 29.1. The Kier molecular flexibility index (Phi) is 33.9. The Morgan fingerprint density at radius 3 is 1.07 bits per heavy atom. The second-order valence-corrected chi connectivity index (χ2v) is 31.5. The van der Waals surface area contributed by atoms with Crippen LogP contribution in [0.1, 0.15) is 139 Å². The molecule has 0 fully saturated rings. The highest BCUT2D eigenvalue weighted by molar-refractivity contribution is 9.10. The van der Waals surface area contributed by atoms with Gasteiger partial charge in [0.1, 0.15) is 27.4 Å². The van der Waals surface area contributed by atoms with Crippen LogP contribution in [0.15, 0.2) is 151 Å². The van der Waals surface area contributed by atoms with Crippen molar-refractivity contribution in [2.24, 2.45) is 0 Å². The summed E-state index contributed by atoms with van der Waals surface area (Å²) in [5.74, 6) is -6.05. The van der Waals surface area contributed by atoms with E-state index in [2.05, 4.69) is 104 Å². The maximum Gasteiger partial charge on any atom is 0.435 e. The molecule has 49 heteroatoms. The highest BCUT2D eigenvalue weighted by atomic mass is 79.9. The van der Waals surface area contributed by atoms with E-state index in [1.54, 1.807) is 66.7 Å². The molecule has 0 spiro atoms. The molecule has 0 aliphatic heterocycles. The Hall–Kier alpha value is -12.7. The number of aromatic nitrogens is 12. The number of carbonyl (C=O) groups excluding carboxylic acids is 8. The van der Waals surface area contributed by atoms with Gasteiger partial charge in [0.15, 0.2) is 42.2 Å². The molecule has 8 heterocycles. The third kappa shape index (κ3) is 26.3. The van der Waals surface area contributed by atoms with E-state index in [4.69, 9.17) is 97.5 Å². The molecule has 0 saturated heterocycles. The Labute approximate surface area is 779 Å². The van der Waals surface area contributed by atoms with Crippen LogP contribution in [-0.2, 0) is 6.18 Å². The van der Waals surface area contributed by atoms with E-state index in [-0.39, 0.29) is 138 Å². The summed E-state index contributed by atoms with van der Waals surface area (Å²) in [6.07, 6.45) is -8.51. The molecule has 0 bridgehead atoms. The number of benzene rings is 4. The topological polar surface area (TPSA) is 398 Å². The van der Waals surface area contributed by atoms with Gasteiger partial charge in [-0.15, -0.1) is 10.2 Å². The number of amides is 8. The fourth-order valence-electron chi connectivity index (χ4n) is 11.4. The molecule has 0 radical (unpaired) electrons. The van der Waals surface area contributed by atoms with Crippen LogP contribution in [0.25, 0.3) is 23.3 Å². The van der Waals surface area contributed by atoms with E-state index < -0.39 is 102 Å². The SMILES string of the molecule is CNC(=O)c1cc(Cl)cc(C)c1NC(=O)c1cc(OCC(F)(F)F)nn1-c1ncccc1Cl.CNC(=O)c1cc(Cl)cc(Cl)c1NC(=O)c1cc(Br)nn1-c1ncccc1Cl.Cc1cc(C#N)cc(C(=O)NC(C)C)c1NC(=O)c1cc(C(F)(F)F)nn1-c1ncccc1Cl.Cc1cc(Cl)cc(C(=O)NC(C)C)c1NC(=O)c1cc(OCC(F)(F)F)nn1-c1ncccc1Cl. The minimum atomic E-state index is -4.84. The number of hydrogen-bond donors (Lipinski definition) is 8. The fourth-order valence-corrected chi connectivity index (χ4v) is 13.6. The first-order valence-electron chi connectivity index (χ1n) is 37.0. The van der Waals surface area contributed by atoms with Crippen LogP contribution in [0.2, 0.25) is 40.2 Å². The summed E-state index contributed by atoms with van der Waals surface area (Å²) < 4.78 is 130. The number of ether oxygens (including phenoxy) is 2. The summed E-state index contributed by atoms with van der Waals surface area (Å²) in [5, 5.41) is 46.8. The predicted molar refractivity (Wildman–Crippen MR) is 470 cm³/mol. The van der Waals surface area contributed by atoms with Crippen LogP contribution < -0.4 is 52.0 Å². The molecule has 12 aromatic rings. The highest BCUT2D eigenvalue weighted by Gasteiger charge is 2.38. The van der Waals surface area contributed by atoms with Crippen LogP contribution in [0.3, 0.4) is 0 Å². The van der Waals surface area contributed by atoms with Gasteiger partial charge in [0.25, 0.3) is 47.3 Å². The summed E-state index contributed by atoms with van der Waals surface area (Å²) in [4.78, 5) is 119. The summed E-state index contributed by atoms with van der Waals surface area (Å²) in [5.41, 5.74) is 0.0936. The molecule has 0 saturated carbocycles. The first-order valence-corrected chi connectivity index (χ1v) is 40.8. The summed E-state index contributed by atoms with van der Waals surface area (Å²) in [6.45, 7) is 8.58. The van der Waals surface area contributed by atoms with Gasteiger partial charge < -0.3 is 52.0 Å². The lowest BCUT2D eigenvalue weighted by molar-refractivity contribution is -0.154. The van der Waals surface area contributed by atoms with E-state index in [0.29, 0.717) is 37.1 Å². The van der Waals surface area contributed by atoms with Crippen molar-refractivity contribution in [2.45, 2.75) is 79.1 Å². The van der Waals surface area contributed by atoms with E-state index in [1.165, 1.54) is 128 Å². The van der Waals surface area contributed by atoms with Crippen molar-refractivity contribution in [2.75, 3.05) is 48.6 Å². The molecule has 31 nitrogen and oxygen atoms in total. The highest BCUT2D eigenvalue weighted by Crippen LogP contribution is 2.37. The van der Waals surface area contributed by atoms with Gasteiger partial charge in [-0.2, -0.15) is 55.0 Å². The maximum absolute atomic E-state index is 13.4. The van der Waals surface area contributed by atoms with Crippen molar-refractivity contribution in [1.29, 1.82) is 5.26 Å². The number of pyridine rings is 4. The molecular formula is C81H65BrCl8F9N21O10. The van der Waals surface area contributed by atoms with E-state index in [1.807, 2.05) is 6.07 Å². The monoisotopic (exact) mass is 2020 g/mol. The Morgan fingerprint density at radius 2 is 0.723 bits per heavy atom. The largest absolute Gasteiger partial charge is 0.467 e. The number of nitrogens with one attached hydrogen (secondary N) is 8. The van der Waals surface area contributed by atoms with Gasteiger partial charge in [0, 0.05) is 90.3 Å². The van der Waals surface area contributed by atoms with Gasteiger partial charge in [-0.25, -0.2) is 38.7 Å². The number of carbonyl (C=O) groups is 8. The van der Waals surface area contributed by atoms with Crippen molar-refractivity contribution in [3.05, 3.63) is 264 Å². The average molecular weight is 2030 g/mol. The Balaban J connectivity index is 0.000000196. The first-order chi connectivity index (χ1) is 61.1. The van der Waals surface area contributed by atoms with Crippen molar-refractivity contribution in [1.82, 2.24) is 80.3 Å². The molecule has 130 heavy (non-hydrogen) atoms. The number of anilines is 4. The maximum atomic E-state index is 13.4. The van der Waals surface area contributed by atoms with Crippen molar-refractivity contribution in [3.8, 4) is 41.1 Å². The smallest absolute Gasteiger partial charge is 0.435 e. The first kappa shape index (κ1) is 101. The third-order valence-electron chi connectivity index (χ3n) is 16.9. The lowest BCUT2D eigenvalue weighted by Crippen LogP contribution is -2.31. The van der Waals surface area contributed by atoms with E-state index >= 15 is 0 Å². The lowest BCUT2D eigenvalue weighted by Gasteiger charge is -2.16. The van der Waals surface area contributed by atoms with Gasteiger partial charge in [-0.3, -0.25) is 38.4 Å². The van der Waals surface area contributed by atoms with Gasteiger partial charge in [-0.1, -0.05) is 92.8 Å². The van der Waals surface area contributed by atoms with Gasteiger partial charge in [0.2, 0.25) is 11.8 Å². The fraction of sp³-hybridized carbons (Fsp3) is 0.198. The minimum absolute atomic E-state index is 0.00761. The predicted octanol–water partition coefficient (Wildman–Crippen LogP) is 18.8. The van der Waals surface area contributed by atoms with Crippen LogP contribution in [0.5, 0.6) is 11.8 Å². The van der Waals surface area contributed by atoms with Crippen LogP contribution in [0.4, 0.5) is 62.3 Å². The number of nitriles is 1. The molecule has 0 aliphatic carbocycles. The zero-order valence-electron chi connectivity index (χ0n) is 68.1. The molecule has 12 rings (SSSR count). The summed E-state index contributed by atoms with van der Waals surface area (Å²) in [7, 11) is 2.87. The second kappa shape index (κ2) is 43.6. The van der Waals surface area contributed by atoms with Crippen molar-refractivity contribution >= 4 is 179 Å². The molecule has 4 aromatic carbocycles. The van der Waals surface area contributed by atoms with Crippen molar-refractivity contribution < 1.29 is 87.3 Å². The molecular weight excluding hydrogens is 1960 g/mol. The Bertz CT molecular complexity index is 6380. The van der Waals surface area contributed by atoms with Gasteiger partial charge >= 0.3 is 18.5 Å². The lowest BCUT2D eigenvalue weighted by atomic mass is 10.0. The standard InChI is InChI=1S/C22H20Cl2F3N5O3.C22H18ClF3N6O2.C20H16Cl2F3N5O3.C17H11BrCl3N5O2/c1-11(2)29-20(33)14-8-13(23)7-12(3)18(14)30-21(34)16-9-17(35-10-22(25,26)27)31-32(16)19-15(24)5-4-6-28-19;1-11(2)29-20(33)14-8-13(10-27)7-12(3)18(14)30-21(34)16-9-17(22(24,25)26)31-32(16)19-15(23)5-4-6-28-19;1-10-6-11(21)7-12(18(31)26-2)16(10)28-19(32)14-8-15(33-9-20(23,24)25)29-30(14)17-13(22)4-3-5-27-17;1-22-16(27)9-5-8(19)6-11(21)14(9)24-17(28)12-7-13(18)25-26(12)15-10(20)3-2-4-23-15/h4-9,11H,10H2,1-3H3,(H,29,33)(H,30,34);4-9,11H,1-3H3,(H,29,33)(H,30,34);3-8H,9H2,1-2H3,(H,26,31)(H,28,32);2-7H,1H3,(H,22,27)(H,24,28). The van der Waals surface area contributed by atoms with Crippen LogP contribution >= 0.6 is 109 Å². The number of aryl methyl sites for hydroxylation is 3. The number of rotatable bonds is 22. The molecule has 0 aliphatic rings. The van der Waals surface area contributed by atoms with E-state index in [0.717, 1.165) is 21.5 Å². The molecule has 8 aromatic heterocycles. The normalized spacial score (nSPS) is 11.2. The molecule has 0 unspecified atom stereocenters. The number of nitrogens with zero attached hydrogens (tertiary/aromatic N) is 13. The van der Waals surface area contributed by atoms with Crippen molar-refractivity contribution in [3.63, 3.8) is 0 Å². The van der Waals surface area contributed by atoms with E-state index in [9.17, 15) is 83.1 Å². The number of halogens is 18. The van der Waals surface area contributed by atoms with Crippen LogP contribution in [-0.4, -0.2) is 158 Å². The quantitative estimate of drug-likeness (QED) is 0.0292.